The maximum Gasteiger partial charge on any atom is 0.259 e. The molecule has 0 fully saturated rings. The molecule has 4 aromatic rings. The summed E-state index contributed by atoms with van der Waals surface area (Å²) in [7, 11) is -3.51. The lowest BCUT2D eigenvalue weighted by Gasteiger charge is -2.13. The zero-order chi connectivity index (χ0) is 23.6. The second-order valence-electron chi connectivity index (χ2n) is 7.96. The van der Waals surface area contributed by atoms with Gasteiger partial charge in [0.1, 0.15) is 5.69 Å². The average molecular weight is 469 g/mol. The van der Waals surface area contributed by atoms with Gasteiger partial charge in [0, 0.05) is 12.6 Å². The van der Waals surface area contributed by atoms with Gasteiger partial charge in [0.2, 0.25) is 10.0 Å². The van der Waals surface area contributed by atoms with Crippen molar-refractivity contribution < 1.29 is 22.2 Å². The van der Waals surface area contributed by atoms with Gasteiger partial charge in [-0.1, -0.05) is 29.4 Å². The lowest BCUT2D eigenvalue weighted by atomic mass is 10.1. The Hall–Kier alpha value is -3.50. The first-order valence-corrected chi connectivity index (χ1v) is 12.0. The summed E-state index contributed by atoms with van der Waals surface area (Å²) in [5.74, 6) is -0.0444. The first-order valence-electron chi connectivity index (χ1n) is 10.4. The number of hydrogen-bond acceptors (Lipinski definition) is 7. The number of pyridine rings is 1. The number of hydrogen-bond donors (Lipinski definition) is 2. The summed E-state index contributed by atoms with van der Waals surface area (Å²) in [4.78, 5) is 17.6. The average Bonchev–Trinajstić information content (AvgIpc) is 3.41. The van der Waals surface area contributed by atoms with Crippen LogP contribution < -0.4 is 10.0 Å². The molecule has 172 valence electrons. The van der Waals surface area contributed by atoms with Crippen LogP contribution in [0, 0.1) is 6.92 Å². The van der Waals surface area contributed by atoms with Gasteiger partial charge in [-0.15, -0.1) is 0 Å². The minimum atomic E-state index is -3.51. The van der Waals surface area contributed by atoms with Gasteiger partial charge < -0.3 is 14.3 Å². The normalized spacial score (nSPS) is 11.9. The topological polar surface area (TPSA) is 127 Å². The lowest BCUT2D eigenvalue weighted by molar-refractivity contribution is 0.0952. The predicted molar refractivity (Wildman–Crippen MR) is 123 cm³/mol. The number of benzene rings is 1. The van der Waals surface area contributed by atoms with Crippen molar-refractivity contribution in [2.24, 2.45) is 0 Å². The first kappa shape index (κ1) is 22.7. The summed E-state index contributed by atoms with van der Waals surface area (Å²) >= 11 is 0. The van der Waals surface area contributed by atoms with Crippen LogP contribution in [0.25, 0.3) is 22.6 Å². The van der Waals surface area contributed by atoms with Gasteiger partial charge in [0.15, 0.2) is 5.76 Å². The van der Waals surface area contributed by atoms with Crippen molar-refractivity contribution in [2.45, 2.75) is 39.1 Å². The van der Waals surface area contributed by atoms with Crippen LogP contribution in [0.3, 0.4) is 0 Å². The van der Waals surface area contributed by atoms with E-state index in [2.05, 4.69) is 20.2 Å². The van der Waals surface area contributed by atoms with Crippen LogP contribution in [0.4, 0.5) is 0 Å². The number of carbonyl (C=O) groups excluding carboxylic acids is 1. The van der Waals surface area contributed by atoms with E-state index in [1.165, 1.54) is 6.26 Å². The Balaban J connectivity index is 1.60. The molecule has 1 amide bonds. The van der Waals surface area contributed by atoms with Gasteiger partial charge in [-0.3, -0.25) is 4.79 Å². The number of nitrogens with zero attached hydrogens (tertiary/aromatic N) is 2. The predicted octanol–water partition coefficient (Wildman–Crippen LogP) is 3.55. The van der Waals surface area contributed by atoms with E-state index in [1.807, 2.05) is 0 Å². The SMILES string of the molecule is Cc1noc2nc(-c3ccco3)cc(C(=O)NCc3ccccc3CS(=O)(=O)NC(C)C)c12. The molecule has 33 heavy (non-hydrogen) atoms. The van der Waals surface area contributed by atoms with E-state index in [9.17, 15) is 13.2 Å². The number of amides is 1. The highest BCUT2D eigenvalue weighted by atomic mass is 32.2. The Kier molecular flexibility index (Phi) is 6.30. The number of nitrogens with one attached hydrogen (secondary N) is 2. The molecule has 1 aromatic carbocycles. The van der Waals surface area contributed by atoms with Crippen LogP contribution in [-0.2, 0) is 22.3 Å². The van der Waals surface area contributed by atoms with Gasteiger partial charge in [0.05, 0.1) is 28.7 Å². The summed E-state index contributed by atoms with van der Waals surface area (Å²) in [6.07, 6.45) is 1.52. The van der Waals surface area contributed by atoms with E-state index in [1.54, 1.807) is 63.2 Å². The zero-order valence-electron chi connectivity index (χ0n) is 18.5. The zero-order valence-corrected chi connectivity index (χ0v) is 19.3. The molecule has 2 N–H and O–H groups in total. The van der Waals surface area contributed by atoms with Crippen LogP contribution in [0.5, 0.6) is 0 Å². The molecule has 0 bridgehead atoms. The van der Waals surface area contributed by atoms with E-state index in [-0.39, 0.29) is 30.0 Å². The second-order valence-corrected chi connectivity index (χ2v) is 9.72. The van der Waals surface area contributed by atoms with Crippen LogP contribution in [0.15, 0.2) is 57.7 Å². The molecule has 9 nitrogen and oxygen atoms in total. The smallest absolute Gasteiger partial charge is 0.259 e. The minimum absolute atomic E-state index is 0.149. The third kappa shape index (κ3) is 5.12. The minimum Gasteiger partial charge on any atom is -0.463 e. The largest absolute Gasteiger partial charge is 0.463 e. The molecule has 0 unspecified atom stereocenters. The van der Waals surface area contributed by atoms with Gasteiger partial charge in [-0.25, -0.2) is 18.1 Å². The van der Waals surface area contributed by atoms with Crippen molar-refractivity contribution in [2.75, 3.05) is 0 Å². The van der Waals surface area contributed by atoms with E-state index in [4.69, 9.17) is 8.94 Å². The number of aromatic nitrogens is 2. The van der Waals surface area contributed by atoms with Crippen molar-refractivity contribution in [1.29, 1.82) is 0 Å². The summed E-state index contributed by atoms with van der Waals surface area (Å²) in [6, 6.07) is 12.0. The monoisotopic (exact) mass is 468 g/mol. The highest BCUT2D eigenvalue weighted by Gasteiger charge is 2.21. The Morgan fingerprint density at radius 1 is 1.12 bits per heavy atom. The highest BCUT2D eigenvalue weighted by molar-refractivity contribution is 7.88. The van der Waals surface area contributed by atoms with Gasteiger partial charge in [-0.05, 0) is 50.1 Å². The molecule has 0 atom stereocenters. The summed E-state index contributed by atoms with van der Waals surface area (Å²) in [6.45, 7) is 5.42. The summed E-state index contributed by atoms with van der Waals surface area (Å²) in [5.41, 5.74) is 2.89. The Morgan fingerprint density at radius 3 is 2.58 bits per heavy atom. The first-order chi connectivity index (χ1) is 15.7. The lowest BCUT2D eigenvalue weighted by Crippen LogP contribution is -2.32. The fraction of sp³-hybridized carbons (Fsp3) is 0.261. The highest BCUT2D eigenvalue weighted by Crippen LogP contribution is 2.27. The maximum absolute atomic E-state index is 13.2. The van der Waals surface area contributed by atoms with Crippen molar-refractivity contribution in [3.63, 3.8) is 0 Å². The van der Waals surface area contributed by atoms with E-state index < -0.39 is 10.0 Å². The second kappa shape index (κ2) is 9.16. The quantitative estimate of drug-likeness (QED) is 0.405. The molecule has 0 saturated carbocycles. The van der Waals surface area contributed by atoms with Gasteiger partial charge in [-0.2, -0.15) is 0 Å². The summed E-state index contributed by atoms with van der Waals surface area (Å²) < 4.78 is 38.1. The molecule has 0 aliphatic heterocycles. The molecule has 3 heterocycles. The van der Waals surface area contributed by atoms with Crippen LogP contribution >= 0.6 is 0 Å². The third-order valence-electron chi connectivity index (χ3n) is 4.95. The maximum atomic E-state index is 13.2. The molecule has 0 saturated heterocycles. The Morgan fingerprint density at radius 2 is 1.88 bits per heavy atom. The Bertz CT molecular complexity index is 1390. The van der Waals surface area contributed by atoms with E-state index in [0.29, 0.717) is 39.2 Å². The van der Waals surface area contributed by atoms with E-state index >= 15 is 0 Å². The molecule has 0 radical (unpaired) electrons. The number of carbonyl (C=O) groups is 1. The molecular formula is C23H24N4O5S. The van der Waals surface area contributed by atoms with Crippen LogP contribution in [-0.4, -0.2) is 30.5 Å². The third-order valence-corrected chi connectivity index (χ3v) is 6.48. The summed E-state index contributed by atoms with van der Waals surface area (Å²) in [5, 5.41) is 7.33. The Labute approximate surface area is 191 Å². The van der Waals surface area contributed by atoms with Crippen LogP contribution in [0.2, 0.25) is 0 Å². The number of rotatable bonds is 8. The fourth-order valence-electron chi connectivity index (χ4n) is 3.57. The molecule has 4 rings (SSSR count). The molecule has 0 spiro atoms. The molecule has 0 aliphatic rings. The van der Waals surface area contributed by atoms with Crippen molar-refractivity contribution in [3.8, 4) is 11.5 Å². The molecule has 10 heteroatoms. The van der Waals surface area contributed by atoms with Crippen LogP contribution in [0.1, 0.15) is 41.0 Å². The number of fused-ring (bicyclic) bond motifs is 1. The van der Waals surface area contributed by atoms with Crippen molar-refractivity contribution in [3.05, 3.63) is 71.1 Å². The molecule has 0 aliphatic carbocycles. The van der Waals surface area contributed by atoms with Gasteiger partial charge >= 0.3 is 0 Å². The number of furan rings is 1. The van der Waals surface area contributed by atoms with E-state index in [0.717, 1.165) is 0 Å². The molecular weight excluding hydrogens is 444 g/mol. The van der Waals surface area contributed by atoms with Gasteiger partial charge in [0.25, 0.3) is 11.6 Å². The van der Waals surface area contributed by atoms with Crippen molar-refractivity contribution in [1.82, 2.24) is 20.2 Å². The van der Waals surface area contributed by atoms with Crippen molar-refractivity contribution >= 4 is 27.0 Å². The molecule has 3 aromatic heterocycles. The number of sulfonamides is 1. The standard InChI is InChI=1S/C23H24N4O5S/c1-14(2)27-33(29,30)13-17-8-5-4-7-16(17)12-24-22(28)18-11-19(20-9-6-10-31-20)25-23-21(18)15(3)26-32-23/h4-11,14,27H,12-13H2,1-3H3,(H,24,28). The number of aryl methyl sites for hydroxylation is 1. The fourth-order valence-corrected chi connectivity index (χ4v) is 5.06.